The maximum Gasteiger partial charge on any atom is 0.300 e. The number of hydrogen-bond donors (Lipinski definition) is 2. The highest BCUT2D eigenvalue weighted by atomic mass is 35.5. The van der Waals surface area contributed by atoms with Gasteiger partial charge in [0.25, 0.3) is 11.7 Å². The Labute approximate surface area is 213 Å². The highest BCUT2D eigenvalue weighted by Gasteiger charge is 2.48. The molecule has 0 saturated carbocycles. The average molecular weight is 501 g/mol. The lowest BCUT2D eigenvalue weighted by molar-refractivity contribution is -0.132. The van der Waals surface area contributed by atoms with Gasteiger partial charge in [-0.3, -0.25) is 14.5 Å². The minimum Gasteiger partial charge on any atom is -0.507 e. The molecule has 1 amide bonds. The third-order valence-electron chi connectivity index (χ3n) is 6.37. The molecule has 5 rings (SSSR count). The van der Waals surface area contributed by atoms with Gasteiger partial charge in [0.15, 0.2) is 0 Å². The summed E-state index contributed by atoms with van der Waals surface area (Å²) < 4.78 is 5.64. The Hall–Kier alpha value is -4.03. The fraction of sp³-hybridized carbons (Fsp3) is 0.172. The number of nitrogens with zero attached hydrogens (tertiary/aromatic N) is 1. The summed E-state index contributed by atoms with van der Waals surface area (Å²) in [6.07, 6.45) is 0.875. The van der Waals surface area contributed by atoms with Crippen molar-refractivity contribution in [3.63, 3.8) is 0 Å². The number of carbonyl (C=O) groups is 2. The van der Waals surface area contributed by atoms with E-state index in [2.05, 4.69) is 4.98 Å². The van der Waals surface area contributed by atoms with Gasteiger partial charge in [0.05, 0.1) is 18.2 Å². The van der Waals surface area contributed by atoms with Crippen LogP contribution in [-0.2, 0) is 9.59 Å². The van der Waals surface area contributed by atoms with Gasteiger partial charge in [-0.15, -0.1) is 0 Å². The molecule has 4 aromatic rings. The fourth-order valence-electron chi connectivity index (χ4n) is 4.71. The second kappa shape index (κ2) is 9.55. The molecule has 1 aliphatic heterocycles. The molecule has 2 N–H and O–H groups in total. The first kappa shape index (κ1) is 23.7. The van der Waals surface area contributed by atoms with Crippen LogP contribution in [0, 0.1) is 6.92 Å². The lowest BCUT2D eigenvalue weighted by Crippen LogP contribution is -2.29. The molecule has 1 unspecified atom stereocenters. The van der Waals surface area contributed by atoms with Crippen LogP contribution in [0.25, 0.3) is 16.7 Å². The maximum absolute atomic E-state index is 13.5. The summed E-state index contributed by atoms with van der Waals surface area (Å²) in [5.41, 5.74) is 3.41. The first-order chi connectivity index (χ1) is 17.4. The Balaban J connectivity index is 1.71. The van der Waals surface area contributed by atoms with Crippen molar-refractivity contribution < 1.29 is 19.4 Å². The number of aromatic nitrogens is 1. The SMILES string of the molecule is CCCOc1ccc(/C(O)=C2\C(=O)C(=O)N(c3ccc(Cl)cc3)C2c2c(C)[nH]c3ccccc23)cc1. The molecule has 0 bridgehead atoms. The number of rotatable bonds is 6. The number of aromatic amines is 1. The van der Waals surface area contributed by atoms with Crippen LogP contribution >= 0.6 is 11.6 Å². The Bertz CT molecular complexity index is 1490. The number of fused-ring (bicyclic) bond motifs is 1. The number of aliphatic hydroxyl groups is 1. The number of anilines is 1. The zero-order chi connectivity index (χ0) is 25.4. The quantitative estimate of drug-likeness (QED) is 0.179. The minimum atomic E-state index is -0.835. The lowest BCUT2D eigenvalue weighted by Gasteiger charge is -2.26. The van der Waals surface area contributed by atoms with E-state index in [0.717, 1.165) is 28.6 Å². The average Bonchev–Trinajstić information content (AvgIpc) is 3.35. The molecular formula is C29H25ClN2O4. The summed E-state index contributed by atoms with van der Waals surface area (Å²) in [7, 11) is 0. The standard InChI is InChI=1S/C29H25ClN2O4/c1-3-16-36-21-14-8-18(9-15-21)27(33)25-26(24-17(2)31-23-7-5-4-6-22(23)24)32(29(35)28(25)34)20-12-10-19(30)11-13-20/h4-15,26,31,33H,3,16H2,1-2H3/b27-25+. The second-order valence-corrected chi connectivity index (χ2v) is 9.16. The van der Waals surface area contributed by atoms with E-state index in [-0.39, 0.29) is 11.3 Å². The Kier molecular flexibility index (Phi) is 6.29. The molecule has 1 fully saturated rings. The number of para-hydroxylation sites is 1. The molecule has 36 heavy (non-hydrogen) atoms. The summed E-state index contributed by atoms with van der Waals surface area (Å²) in [5, 5.41) is 12.8. The predicted octanol–water partition coefficient (Wildman–Crippen LogP) is 6.54. The number of amides is 1. The van der Waals surface area contributed by atoms with Crippen molar-refractivity contribution in [2.45, 2.75) is 26.3 Å². The number of ketones is 1. The molecule has 7 heteroatoms. The maximum atomic E-state index is 13.5. The van der Waals surface area contributed by atoms with Gasteiger partial charge in [0.1, 0.15) is 11.5 Å². The Morgan fingerprint density at radius 2 is 1.72 bits per heavy atom. The number of nitrogens with one attached hydrogen (secondary N) is 1. The van der Waals surface area contributed by atoms with Crippen molar-refractivity contribution >= 4 is 45.6 Å². The van der Waals surface area contributed by atoms with E-state index in [1.165, 1.54) is 4.90 Å². The minimum absolute atomic E-state index is 0.0324. The highest BCUT2D eigenvalue weighted by molar-refractivity contribution is 6.52. The number of ether oxygens (including phenoxy) is 1. The number of aliphatic hydroxyl groups excluding tert-OH is 1. The van der Waals surface area contributed by atoms with Crippen molar-refractivity contribution in [2.24, 2.45) is 0 Å². The van der Waals surface area contributed by atoms with E-state index in [9.17, 15) is 14.7 Å². The molecule has 1 aliphatic rings. The Morgan fingerprint density at radius 3 is 2.42 bits per heavy atom. The van der Waals surface area contributed by atoms with Gasteiger partial charge in [-0.2, -0.15) is 0 Å². The van der Waals surface area contributed by atoms with Crippen molar-refractivity contribution in [2.75, 3.05) is 11.5 Å². The van der Waals surface area contributed by atoms with Gasteiger partial charge in [0, 0.05) is 38.4 Å². The molecule has 3 aromatic carbocycles. The first-order valence-electron chi connectivity index (χ1n) is 11.8. The fourth-order valence-corrected chi connectivity index (χ4v) is 4.83. The van der Waals surface area contributed by atoms with Crippen molar-refractivity contribution in [1.29, 1.82) is 0 Å². The zero-order valence-electron chi connectivity index (χ0n) is 19.9. The van der Waals surface area contributed by atoms with E-state index >= 15 is 0 Å². The molecule has 0 aliphatic carbocycles. The molecule has 1 atom stereocenters. The molecule has 1 saturated heterocycles. The van der Waals surface area contributed by atoms with Gasteiger partial charge < -0.3 is 14.8 Å². The van der Waals surface area contributed by atoms with Crippen LogP contribution < -0.4 is 9.64 Å². The van der Waals surface area contributed by atoms with Gasteiger partial charge in [-0.1, -0.05) is 36.7 Å². The van der Waals surface area contributed by atoms with Crippen molar-refractivity contribution in [3.05, 3.63) is 100 Å². The van der Waals surface area contributed by atoms with E-state index in [1.807, 2.05) is 38.1 Å². The van der Waals surface area contributed by atoms with Crippen LogP contribution in [0.4, 0.5) is 5.69 Å². The van der Waals surface area contributed by atoms with Crippen LogP contribution in [0.5, 0.6) is 5.75 Å². The van der Waals surface area contributed by atoms with Crippen molar-refractivity contribution in [1.82, 2.24) is 4.98 Å². The topological polar surface area (TPSA) is 82.6 Å². The third kappa shape index (κ3) is 4.03. The lowest BCUT2D eigenvalue weighted by atomic mass is 9.93. The van der Waals surface area contributed by atoms with E-state index in [0.29, 0.717) is 28.6 Å². The van der Waals surface area contributed by atoms with E-state index < -0.39 is 17.7 Å². The number of carbonyl (C=O) groups excluding carboxylic acids is 2. The largest absolute Gasteiger partial charge is 0.507 e. The molecule has 0 radical (unpaired) electrons. The van der Waals surface area contributed by atoms with Crippen LogP contribution in [0.1, 0.15) is 36.2 Å². The number of H-pyrrole nitrogens is 1. The van der Waals surface area contributed by atoms with Crippen molar-refractivity contribution in [3.8, 4) is 5.75 Å². The van der Waals surface area contributed by atoms with Gasteiger partial charge in [-0.25, -0.2) is 0 Å². The smallest absolute Gasteiger partial charge is 0.300 e. The van der Waals surface area contributed by atoms with Gasteiger partial charge in [0.2, 0.25) is 0 Å². The summed E-state index contributed by atoms with van der Waals surface area (Å²) in [5.74, 6) is -1.03. The summed E-state index contributed by atoms with van der Waals surface area (Å²) >= 11 is 6.09. The highest BCUT2D eigenvalue weighted by Crippen LogP contribution is 2.45. The molecule has 182 valence electrons. The van der Waals surface area contributed by atoms with Crippen LogP contribution in [0.15, 0.2) is 78.4 Å². The van der Waals surface area contributed by atoms with E-state index in [4.69, 9.17) is 16.3 Å². The molecule has 0 spiro atoms. The number of halogens is 1. The first-order valence-corrected chi connectivity index (χ1v) is 12.2. The van der Waals surface area contributed by atoms with Crippen LogP contribution in [-0.4, -0.2) is 28.4 Å². The molecule has 6 nitrogen and oxygen atoms in total. The summed E-state index contributed by atoms with van der Waals surface area (Å²) in [6.45, 7) is 4.50. The van der Waals surface area contributed by atoms with E-state index in [1.54, 1.807) is 48.5 Å². The zero-order valence-corrected chi connectivity index (χ0v) is 20.7. The summed E-state index contributed by atoms with van der Waals surface area (Å²) in [6, 6.07) is 20.5. The molecule has 1 aromatic heterocycles. The second-order valence-electron chi connectivity index (χ2n) is 8.73. The van der Waals surface area contributed by atoms with Crippen LogP contribution in [0.3, 0.4) is 0 Å². The predicted molar refractivity (Wildman–Crippen MR) is 141 cm³/mol. The monoisotopic (exact) mass is 500 g/mol. The van der Waals surface area contributed by atoms with Crippen LogP contribution in [0.2, 0.25) is 5.02 Å². The Morgan fingerprint density at radius 1 is 1.03 bits per heavy atom. The molecule has 2 heterocycles. The van der Waals surface area contributed by atoms with Gasteiger partial charge in [-0.05, 0) is 67.9 Å². The summed E-state index contributed by atoms with van der Waals surface area (Å²) in [4.78, 5) is 31.7. The normalized spacial score (nSPS) is 17.2. The number of hydrogen-bond acceptors (Lipinski definition) is 4. The number of Topliss-reactive ketones (excluding diaryl/α,β-unsaturated/α-hetero) is 1. The van der Waals surface area contributed by atoms with Gasteiger partial charge >= 0.3 is 0 Å². The number of benzene rings is 3. The number of aryl methyl sites for hydroxylation is 1. The third-order valence-corrected chi connectivity index (χ3v) is 6.62. The molecular weight excluding hydrogens is 476 g/mol.